The third-order valence-electron chi connectivity index (χ3n) is 1.66. The fourth-order valence-corrected chi connectivity index (χ4v) is 1.66. The van der Waals surface area contributed by atoms with Crippen molar-refractivity contribution in [2.45, 2.75) is 19.8 Å². The van der Waals surface area contributed by atoms with E-state index in [1.54, 1.807) is 0 Å². The van der Waals surface area contributed by atoms with E-state index >= 15 is 0 Å². The van der Waals surface area contributed by atoms with Crippen molar-refractivity contribution in [3.63, 3.8) is 0 Å². The predicted octanol–water partition coefficient (Wildman–Crippen LogP) is 4.26. The molecule has 0 heterocycles. The molecule has 0 amide bonds. The number of benzene rings is 1. The van der Waals surface area contributed by atoms with Crippen molar-refractivity contribution in [3.8, 4) is 0 Å². The lowest BCUT2D eigenvalue weighted by molar-refractivity contribution is 0.962. The lowest BCUT2D eigenvalue weighted by atomic mass is 10.2. The molecule has 0 radical (unpaired) electrons. The van der Waals surface area contributed by atoms with Crippen LogP contribution in [0.2, 0.25) is 0 Å². The molecule has 0 aromatic heterocycles. The summed E-state index contributed by atoms with van der Waals surface area (Å²) in [5.41, 5.74) is 1.33. The Morgan fingerprint density at radius 3 is 2.58 bits per heavy atom. The Morgan fingerprint density at radius 2 is 2.00 bits per heavy atom. The van der Waals surface area contributed by atoms with Gasteiger partial charge in [-0.05, 0) is 34.6 Å². The fourth-order valence-electron chi connectivity index (χ4n) is 0.986. The van der Waals surface area contributed by atoms with E-state index in [9.17, 15) is 0 Å². The van der Waals surface area contributed by atoms with Crippen molar-refractivity contribution in [1.29, 1.82) is 0 Å². The lowest BCUT2D eigenvalue weighted by Gasteiger charge is -1.97. The molecule has 1 aromatic carbocycles. The smallest absolute Gasteiger partial charge is 0.0162 e. The summed E-state index contributed by atoms with van der Waals surface area (Å²) < 4.78 is 1.36. The van der Waals surface area contributed by atoms with Crippen molar-refractivity contribution in [3.05, 3.63) is 42.0 Å². The number of hydrogen-bond donors (Lipinski definition) is 0. The second-order valence-electron chi connectivity index (χ2n) is 2.71. The van der Waals surface area contributed by atoms with E-state index in [-0.39, 0.29) is 0 Å². The standard InChI is InChI=1S/C11H13I/c1-2-3-9-11(12)10-7-5-4-6-8-10/h4-9H,2-3H2,1H3/b11-9-. The molecule has 0 aliphatic carbocycles. The predicted molar refractivity (Wildman–Crippen MR) is 63.3 cm³/mol. The summed E-state index contributed by atoms with van der Waals surface area (Å²) in [6.07, 6.45) is 4.68. The summed E-state index contributed by atoms with van der Waals surface area (Å²) in [5.74, 6) is 0. The molecule has 64 valence electrons. The first-order valence-corrected chi connectivity index (χ1v) is 5.33. The first kappa shape index (κ1) is 9.78. The number of unbranched alkanes of at least 4 members (excludes halogenated alkanes) is 1. The van der Waals surface area contributed by atoms with Crippen LogP contribution in [0.25, 0.3) is 3.58 Å². The van der Waals surface area contributed by atoms with Crippen molar-refractivity contribution >= 4 is 26.2 Å². The largest absolute Gasteiger partial charge is 0.0705 e. The third-order valence-corrected chi connectivity index (χ3v) is 2.73. The molecule has 0 nitrogen and oxygen atoms in total. The van der Waals surface area contributed by atoms with Gasteiger partial charge in [0.05, 0.1) is 0 Å². The van der Waals surface area contributed by atoms with Crippen LogP contribution in [0.4, 0.5) is 0 Å². The van der Waals surface area contributed by atoms with E-state index in [4.69, 9.17) is 0 Å². The van der Waals surface area contributed by atoms with Crippen LogP contribution in [0.5, 0.6) is 0 Å². The van der Waals surface area contributed by atoms with Crippen LogP contribution >= 0.6 is 22.6 Å². The van der Waals surface area contributed by atoms with E-state index < -0.39 is 0 Å². The second-order valence-corrected chi connectivity index (χ2v) is 3.87. The normalized spacial score (nSPS) is 11.7. The molecule has 0 fully saturated rings. The highest BCUT2D eigenvalue weighted by Crippen LogP contribution is 2.21. The molecule has 1 aromatic rings. The molecule has 1 rings (SSSR count). The summed E-state index contributed by atoms with van der Waals surface area (Å²) in [6, 6.07) is 10.5. The summed E-state index contributed by atoms with van der Waals surface area (Å²) in [7, 11) is 0. The molecular formula is C11H13I. The average Bonchev–Trinajstić information content (AvgIpc) is 2.15. The van der Waals surface area contributed by atoms with Crippen LogP contribution in [0, 0.1) is 0 Å². The van der Waals surface area contributed by atoms with Crippen molar-refractivity contribution in [1.82, 2.24) is 0 Å². The highest BCUT2D eigenvalue weighted by Gasteiger charge is 1.93. The van der Waals surface area contributed by atoms with Gasteiger partial charge in [-0.25, -0.2) is 0 Å². The summed E-state index contributed by atoms with van der Waals surface area (Å²) in [6.45, 7) is 2.20. The Morgan fingerprint density at radius 1 is 1.33 bits per heavy atom. The Kier molecular flexibility index (Phi) is 4.36. The van der Waals surface area contributed by atoms with E-state index in [0.29, 0.717) is 0 Å². The third kappa shape index (κ3) is 2.97. The number of halogens is 1. The number of rotatable bonds is 3. The van der Waals surface area contributed by atoms with Gasteiger partial charge in [0, 0.05) is 3.58 Å². The van der Waals surface area contributed by atoms with E-state index in [0.717, 1.165) is 0 Å². The van der Waals surface area contributed by atoms with Crippen molar-refractivity contribution < 1.29 is 0 Å². The van der Waals surface area contributed by atoms with E-state index in [1.807, 2.05) is 6.07 Å². The summed E-state index contributed by atoms with van der Waals surface area (Å²) in [4.78, 5) is 0. The van der Waals surface area contributed by atoms with E-state index in [1.165, 1.54) is 22.0 Å². The molecule has 0 aliphatic rings. The van der Waals surface area contributed by atoms with Gasteiger partial charge in [0.25, 0.3) is 0 Å². The van der Waals surface area contributed by atoms with Gasteiger partial charge in [-0.2, -0.15) is 0 Å². The van der Waals surface area contributed by atoms with Gasteiger partial charge in [-0.1, -0.05) is 49.8 Å². The molecule has 0 saturated heterocycles. The Hall–Kier alpha value is -0.310. The van der Waals surface area contributed by atoms with Crippen molar-refractivity contribution in [2.75, 3.05) is 0 Å². The highest BCUT2D eigenvalue weighted by molar-refractivity contribution is 14.1. The molecule has 0 saturated carbocycles. The second kappa shape index (κ2) is 5.36. The SMILES string of the molecule is CCC/C=C(\I)c1ccccc1. The zero-order chi connectivity index (χ0) is 8.81. The van der Waals surface area contributed by atoms with Crippen LogP contribution in [0.15, 0.2) is 36.4 Å². The number of allylic oxidation sites excluding steroid dienone is 1. The van der Waals surface area contributed by atoms with Gasteiger partial charge >= 0.3 is 0 Å². The van der Waals surface area contributed by atoms with Crippen LogP contribution in [-0.4, -0.2) is 0 Å². The molecule has 1 heteroatoms. The Bertz CT molecular complexity index is 249. The molecule has 0 atom stereocenters. The van der Waals surface area contributed by atoms with Crippen molar-refractivity contribution in [2.24, 2.45) is 0 Å². The van der Waals surface area contributed by atoms with Crippen LogP contribution in [0.3, 0.4) is 0 Å². The lowest BCUT2D eigenvalue weighted by Crippen LogP contribution is -1.74. The fraction of sp³-hybridized carbons (Fsp3) is 0.273. The molecule has 0 aliphatic heterocycles. The first-order chi connectivity index (χ1) is 5.84. The van der Waals surface area contributed by atoms with Crippen LogP contribution in [0.1, 0.15) is 25.3 Å². The minimum Gasteiger partial charge on any atom is -0.0705 e. The van der Waals surface area contributed by atoms with Crippen LogP contribution < -0.4 is 0 Å². The van der Waals surface area contributed by atoms with E-state index in [2.05, 4.69) is 59.9 Å². The zero-order valence-corrected chi connectivity index (χ0v) is 9.41. The maximum atomic E-state index is 2.39. The van der Waals surface area contributed by atoms with Crippen LogP contribution in [-0.2, 0) is 0 Å². The molecule has 0 spiro atoms. The Labute approximate surface area is 87.8 Å². The molecular weight excluding hydrogens is 259 g/mol. The molecule has 0 bridgehead atoms. The maximum absolute atomic E-state index is 2.39. The molecule has 12 heavy (non-hydrogen) atoms. The zero-order valence-electron chi connectivity index (χ0n) is 7.26. The van der Waals surface area contributed by atoms with Gasteiger partial charge in [0.2, 0.25) is 0 Å². The summed E-state index contributed by atoms with van der Waals surface area (Å²) in [5, 5.41) is 0. The highest BCUT2D eigenvalue weighted by atomic mass is 127. The topological polar surface area (TPSA) is 0 Å². The number of hydrogen-bond acceptors (Lipinski definition) is 0. The quantitative estimate of drug-likeness (QED) is 0.721. The van der Waals surface area contributed by atoms with Gasteiger partial charge in [-0.3, -0.25) is 0 Å². The van der Waals surface area contributed by atoms with Gasteiger partial charge in [-0.15, -0.1) is 0 Å². The first-order valence-electron chi connectivity index (χ1n) is 4.25. The van der Waals surface area contributed by atoms with Gasteiger partial charge in [0.15, 0.2) is 0 Å². The van der Waals surface area contributed by atoms with Gasteiger partial charge in [0.1, 0.15) is 0 Å². The maximum Gasteiger partial charge on any atom is 0.0162 e. The monoisotopic (exact) mass is 272 g/mol. The Balaban J connectivity index is 2.71. The summed E-state index contributed by atoms with van der Waals surface area (Å²) >= 11 is 2.39. The molecule has 0 unspecified atom stereocenters. The average molecular weight is 272 g/mol. The molecule has 0 N–H and O–H groups in total. The van der Waals surface area contributed by atoms with Gasteiger partial charge < -0.3 is 0 Å². The minimum atomic E-state index is 1.17. The minimum absolute atomic E-state index is 1.17.